The molecule has 0 saturated heterocycles. The van der Waals surface area contributed by atoms with Crippen LogP contribution in [0.3, 0.4) is 0 Å². The number of nitrogens with zero attached hydrogens (tertiary/aromatic N) is 5. The molecular formula is C28H33ClN6O. The largest absolute Gasteiger partial charge is 0.331 e. The van der Waals surface area contributed by atoms with Gasteiger partial charge in [-0.2, -0.15) is 0 Å². The van der Waals surface area contributed by atoms with Crippen LogP contribution in [-0.4, -0.2) is 43.0 Å². The van der Waals surface area contributed by atoms with Crippen LogP contribution in [0, 0.1) is 5.92 Å². The molecule has 7 nitrogen and oxygen atoms in total. The lowest BCUT2D eigenvalue weighted by atomic mass is 10.0. The molecule has 0 saturated carbocycles. The first-order valence-corrected chi connectivity index (χ1v) is 12.7. The van der Waals surface area contributed by atoms with Crippen molar-refractivity contribution in [2.45, 2.75) is 39.4 Å². The Hall–Kier alpha value is -3.42. The van der Waals surface area contributed by atoms with E-state index in [1.165, 1.54) is 0 Å². The normalized spacial score (nSPS) is 12.1. The van der Waals surface area contributed by atoms with Gasteiger partial charge >= 0.3 is 0 Å². The Kier molecular flexibility index (Phi) is 8.57. The minimum atomic E-state index is -0.232. The van der Waals surface area contributed by atoms with E-state index < -0.39 is 0 Å². The van der Waals surface area contributed by atoms with Crippen molar-refractivity contribution in [3.8, 4) is 11.3 Å². The van der Waals surface area contributed by atoms with Gasteiger partial charge in [-0.25, -0.2) is 9.97 Å². The standard InChI is InChI=1S/C28H33ClN6O/c1-21(2)27(35(14-7-12-30)26(36)19-33-15-13-31-20-33)28-32-25(23-10-6-11-24(29)16-23)18-34(28)17-22-8-4-3-5-9-22/h3-6,8-11,13,15-16,18,20-21,27H,7,12,14,17,19,30H2,1-2H3. The average Bonchev–Trinajstić information content (AvgIpc) is 3.52. The predicted octanol–water partition coefficient (Wildman–Crippen LogP) is 5.02. The van der Waals surface area contributed by atoms with E-state index in [2.05, 4.69) is 41.7 Å². The average molecular weight is 505 g/mol. The highest BCUT2D eigenvalue weighted by Crippen LogP contribution is 2.32. The third kappa shape index (κ3) is 6.22. The Labute approximate surface area is 217 Å². The van der Waals surface area contributed by atoms with Gasteiger partial charge in [0, 0.05) is 42.3 Å². The summed E-state index contributed by atoms with van der Waals surface area (Å²) in [5.41, 5.74) is 8.80. The summed E-state index contributed by atoms with van der Waals surface area (Å²) in [5, 5.41) is 0.659. The monoisotopic (exact) mass is 504 g/mol. The fourth-order valence-electron chi connectivity index (χ4n) is 4.47. The van der Waals surface area contributed by atoms with Gasteiger partial charge in [-0.3, -0.25) is 4.79 Å². The summed E-state index contributed by atoms with van der Waals surface area (Å²) in [7, 11) is 0. The van der Waals surface area contributed by atoms with Gasteiger partial charge in [0.1, 0.15) is 12.4 Å². The summed E-state index contributed by atoms with van der Waals surface area (Å²) in [6.45, 7) is 6.18. The topological polar surface area (TPSA) is 82.0 Å². The Bertz CT molecular complexity index is 1250. The van der Waals surface area contributed by atoms with Gasteiger partial charge < -0.3 is 19.8 Å². The van der Waals surface area contributed by atoms with Crippen molar-refractivity contribution >= 4 is 17.5 Å². The molecule has 2 aromatic carbocycles. The second-order valence-electron chi connectivity index (χ2n) is 9.26. The van der Waals surface area contributed by atoms with Crippen molar-refractivity contribution in [3.05, 3.63) is 95.9 Å². The van der Waals surface area contributed by atoms with Crippen LogP contribution in [0.1, 0.15) is 37.7 Å². The summed E-state index contributed by atoms with van der Waals surface area (Å²) in [5.74, 6) is 0.984. The van der Waals surface area contributed by atoms with Gasteiger partial charge in [0.25, 0.3) is 0 Å². The first-order chi connectivity index (χ1) is 17.5. The number of nitrogens with two attached hydrogens (primary N) is 1. The smallest absolute Gasteiger partial charge is 0.243 e. The Morgan fingerprint density at radius 2 is 1.94 bits per heavy atom. The molecule has 188 valence electrons. The van der Waals surface area contributed by atoms with Gasteiger partial charge in [0.15, 0.2) is 0 Å². The first-order valence-electron chi connectivity index (χ1n) is 12.3. The van der Waals surface area contributed by atoms with E-state index in [9.17, 15) is 4.79 Å². The van der Waals surface area contributed by atoms with Crippen molar-refractivity contribution in [3.63, 3.8) is 0 Å². The van der Waals surface area contributed by atoms with Crippen LogP contribution < -0.4 is 5.73 Å². The number of carbonyl (C=O) groups is 1. The van der Waals surface area contributed by atoms with Gasteiger partial charge in [0.2, 0.25) is 5.91 Å². The molecule has 0 spiro atoms. The molecule has 8 heteroatoms. The Balaban J connectivity index is 1.78. The van der Waals surface area contributed by atoms with Gasteiger partial charge in [-0.1, -0.05) is 67.9 Å². The molecule has 2 heterocycles. The Morgan fingerprint density at radius 1 is 1.14 bits per heavy atom. The molecule has 36 heavy (non-hydrogen) atoms. The van der Waals surface area contributed by atoms with Crippen LogP contribution in [0.15, 0.2) is 79.5 Å². The lowest BCUT2D eigenvalue weighted by Gasteiger charge is -2.34. The van der Waals surface area contributed by atoms with Crippen molar-refractivity contribution < 1.29 is 4.79 Å². The van der Waals surface area contributed by atoms with Crippen LogP contribution in [0.25, 0.3) is 11.3 Å². The van der Waals surface area contributed by atoms with Crippen LogP contribution in [-0.2, 0) is 17.9 Å². The molecule has 0 aliphatic rings. The van der Waals surface area contributed by atoms with E-state index in [1.807, 2.05) is 47.4 Å². The molecule has 4 rings (SSSR count). The molecule has 0 fully saturated rings. The molecule has 2 aromatic heterocycles. The Morgan fingerprint density at radius 3 is 2.61 bits per heavy atom. The van der Waals surface area contributed by atoms with Gasteiger partial charge in [-0.05, 0) is 36.6 Å². The van der Waals surface area contributed by atoms with E-state index in [1.54, 1.807) is 23.3 Å². The maximum Gasteiger partial charge on any atom is 0.243 e. The number of rotatable bonds is 11. The lowest BCUT2D eigenvalue weighted by Crippen LogP contribution is -2.41. The van der Waals surface area contributed by atoms with E-state index in [-0.39, 0.29) is 24.4 Å². The maximum atomic E-state index is 13.6. The zero-order valence-corrected chi connectivity index (χ0v) is 21.6. The molecule has 0 bridgehead atoms. The third-order valence-corrected chi connectivity index (χ3v) is 6.39. The summed E-state index contributed by atoms with van der Waals surface area (Å²) >= 11 is 6.29. The highest BCUT2D eigenvalue weighted by atomic mass is 35.5. The summed E-state index contributed by atoms with van der Waals surface area (Å²) in [6, 6.07) is 17.8. The second-order valence-corrected chi connectivity index (χ2v) is 9.70. The number of imidazole rings is 2. The molecule has 1 atom stereocenters. The van der Waals surface area contributed by atoms with Gasteiger partial charge in [0.05, 0.1) is 18.1 Å². The van der Waals surface area contributed by atoms with Crippen LogP contribution in [0.5, 0.6) is 0 Å². The van der Waals surface area contributed by atoms with Crippen molar-refractivity contribution in [2.24, 2.45) is 11.7 Å². The van der Waals surface area contributed by atoms with E-state index in [0.29, 0.717) is 31.1 Å². The zero-order valence-electron chi connectivity index (χ0n) is 20.8. The van der Waals surface area contributed by atoms with Crippen molar-refractivity contribution in [1.82, 2.24) is 24.0 Å². The fraction of sp³-hybridized carbons (Fsp3) is 0.321. The number of halogens is 1. The quantitative estimate of drug-likeness (QED) is 0.311. The predicted molar refractivity (Wildman–Crippen MR) is 143 cm³/mol. The second kappa shape index (κ2) is 12.0. The fourth-order valence-corrected chi connectivity index (χ4v) is 4.66. The molecule has 0 aliphatic carbocycles. The number of carbonyl (C=O) groups excluding carboxylic acids is 1. The van der Waals surface area contributed by atoms with Crippen LogP contribution >= 0.6 is 11.6 Å². The number of amides is 1. The molecular weight excluding hydrogens is 472 g/mol. The maximum absolute atomic E-state index is 13.6. The molecule has 0 aliphatic heterocycles. The van der Waals surface area contributed by atoms with Crippen molar-refractivity contribution in [1.29, 1.82) is 0 Å². The third-order valence-electron chi connectivity index (χ3n) is 6.16. The highest BCUT2D eigenvalue weighted by molar-refractivity contribution is 6.30. The molecule has 1 amide bonds. The van der Waals surface area contributed by atoms with Gasteiger partial charge in [-0.15, -0.1) is 0 Å². The molecule has 2 N–H and O–H groups in total. The summed E-state index contributed by atoms with van der Waals surface area (Å²) in [4.78, 5) is 24.7. The number of benzene rings is 2. The van der Waals surface area contributed by atoms with E-state index in [4.69, 9.17) is 22.3 Å². The van der Waals surface area contributed by atoms with Crippen molar-refractivity contribution in [2.75, 3.05) is 13.1 Å². The lowest BCUT2D eigenvalue weighted by molar-refractivity contribution is -0.135. The molecule has 1 unspecified atom stereocenters. The number of hydrogen-bond acceptors (Lipinski definition) is 4. The molecule has 0 radical (unpaired) electrons. The van der Waals surface area contributed by atoms with Crippen LogP contribution in [0.4, 0.5) is 0 Å². The first kappa shape index (κ1) is 25.7. The highest BCUT2D eigenvalue weighted by Gasteiger charge is 2.32. The van der Waals surface area contributed by atoms with Crippen LogP contribution in [0.2, 0.25) is 5.02 Å². The zero-order chi connectivity index (χ0) is 25.5. The summed E-state index contributed by atoms with van der Waals surface area (Å²) < 4.78 is 3.96. The number of hydrogen-bond donors (Lipinski definition) is 1. The minimum Gasteiger partial charge on any atom is -0.331 e. The minimum absolute atomic E-state index is 0.0127. The molecule has 4 aromatic rings. The SMILES string of the molecule is CC(C)C(c1nc(-c2cccc(Cl)c2)cn1Cc1ccccc1)N(CCCN)C(=O)Cn1ccnc1. The van der Waals surface area contributed by atoms with E-state index >= 15 is 0 Å². The number of aromatic nitrogens is 4. The van der Waals surface area contributed by atoms with E-state index in [0.717, 1.165) is 22.6 Å². The summed E-state index contributed by atoms with van der Waals surface area (Å²) in [6.07, 6.45) is 7.92.